The number of methoxy groups -OCH3 is 1. The summed E-state index contributed by atoms with van der Waals surface area (Å²) >= 11 is 0.887. The molecule has 1 N–H and O–H groups in total. The van der Waals surface area contributed by atoms with Crippen LogP contribution in [0.1, 0.15) is 69.3 Å². The summed E-state index contributed by atoms with van der Waals surface area (Å²) in [5.74, 6) is 1.84. The number of ether oxygens (including phenoxy) is 1. The van der Waals surface area contributed by atoms with Crippen molar-refractivity contribution in [2.75, 3.05) is 58.2 Å². The van der Waals surface area contributed by atoms with Crippen LogP contribution in [0.3, 0.4) is 0 Å². The maximum Gasteiger partial charge on any atom is 0.323 e. The van der Waals surface area contributed by atoms with Gasteiger partial charge in [-0.05, 0) is 74.6 Å². The van der Waals surface area contributed by atoms with Crippen molar-refractivity contribution in [2.45, 2.75) is 69.7 Å². The first-order valence-corrected chi connectivity index (χ1v) is 15.8. The van der Waals surface area contributed by atoms with Crippen LogP contribution in [-0.4, -0.2) is 84.7 Å². The van der Waals surface area contributed by atoms with Gasteiger partial charge in [0.25, 0.3) is 0 Å². The van der Waals surface area contributed by atoms with Gasteiger partial charge in [-0.25, -0.2) is 9.78 Å². The molecule has 39 heavy (non-hydrogen) atoms. The van der Waals surface area contributed by atoms with Gasteiger partial charge in [0, 0.05) is 50.9 Å². The predicted molar refractivity (Wildman–Crippen MR) is 154 cm³/mol. The van der Waals surface area contributed by atoms with Crippen LogP contribution in [0.15, 0.2) is 18.2 Å². The number of halogens is 1. The number of aromatic nitrogens is 1. The third kappa shape index (κ3) is 6.41. The molecule has 7 nitrogen and oxygen atoms in total. The van der Waals surface area contributed by atoms with E-state index >= 15 is 4.39 Å². The Morgan fingerprint density at radius 2 is 1.85 bits per heavy atom. The molecule has 3 heterocycles. The lowest BCUT2D eigenvalue weighted by Gasteiger charge is -2.39. The third-order valence-corrected chi connectivity index (χ3v) is 9.90. The number of thiazole rings is 1. The first-order chi connectivity index (χ1) is 19.1. The molecule has 2 saturated heterocycles. The van der Waals surface area contributed by atoms with E-state index in [0.29, 0.717) is 35.5 Å². The molecule has 212 valence electrons. The minimum Gasteiger partial charge on any atom is -0.496 e. The first kappa shape index (κ1) is 27.0. The zero-order valence-corrected chi connectivity index (χ0v) is 24.0. The van der Waals surface area contributed by atoms with Gasteiger partial charge in [0.15, 0.2) is 5.13 Å². The van der Waals surface area contributed by atoms with Gasteiger partial charge >= 0.3 is 6.03 Å². The van der Waals surface area contributed by atoms with E-state index in [-0.39, 0.29) is 11.7 Å². The largest absolute Gasteiger partial charge is 0.496 e. The van der Waals surface area contributed by atoms with Crippen LogP contribution in [0.2, 0.25) is 0 Å². The van der Waals surface area contributed by atoms with Gasteiger partial charge in [-0.3, -0.25) is 10.2 Å². The average molecular weight is 556 g/mol. The van der Waals surface area contributed by atoms with Crippen molar-refractivity contribution in [1.82, 2.24) is 19.7 Å². The SMILES string of the molecule is COc1ccc(C2CCCCC2)cc1-c1nc(NC(=O)N2CCN(C[C@@H]3CCCN(C4CC4)C3)CC2)sc1F. The summed E-state index contributed by atoms with van der Waals surface area (Å²) in [4.78, 5) is 24.6. The number of nitrogens with one attached hydrogen (secondary N) is 1. The summed E-state index contributed by atoms with van der Waals surface area (Å²) in [6, 6.07) is 6.71. The standard InChI is InChI=1S/C30H42FN5O2S/c1-38-26-12-9-23(22-7-3-2-4-8-22)18-25(26)27-28(31)39-29(32-27)33-30(37)35-16-14-34(15-17-35)19-21-6-5-13-36(20-21)24-10-11-24/h9,12,18,21-22,24H,2-8,10-11,13-17,19-20H2,1H3,(H,32,33,37)/t21-/m0/s1. The summed E-state index contributed by atoms with van der Waals surface area (Å²) < 4.78 is 20.7. The van der Waals surface area contributed by atoms with Crippen molar-refractivity contribution in [3.05, 3.63) is 28.9 Å². The molecular formula is C30H42FN5O2S. The molecule has 9 heteroatoms. The maximum absolute atomic E-state index is 15.2. The van der Waals surface area contributed by atoms with Crippen LogP contribution in [0.25, 0.3) is 11.3 Å². The van der Waals surface area contributed by atoms with Crippen LogP contribution in [0.5, 0.6) is 5.75 Å². The number of piperazine rings is 1. The fraction of sp³-hybridized carbons (Fsp3) is 0.667. The summed E-state index contributed by atoms with van der Waals surface area (Å²) in [6.07, 6.45) is 11.5. The van der Waals surface area contributed by atoms with Gasteiger partial charge in [-0.15, -0.1) is 0 Å². The van der Waals surface area contributed by atoms with Gasteiger partial charge in [0.2, 0.25) is 5.13 Å². The highest BCUT2D eigenvalue weighted by molar-refractivity contribution is 7.14. The topological polar surface area (TPSA) is 60.9 Å². The molecule has 2 saturated carbocycles. The number of rotatable bonds is 7. The Morgan fingerprint density at radius 1 is 1.05 bits per heavy atom. The normalized spacial score (nSPS) is 23.6. The molecule has 0 spiro atoms. The molecule has 1 aromatic heterocycles. The number of hydrogen-bond donors (Lipinski definition) is 1. The molecule has 1 aromatic carbocycles. The Labute approximate surface area is 235 Å². The third-order valence-electron chi connectivity index (χ3n) is 9.14. The lowest BCUT2D eigenvalue weighted by molar-refractivity contribution is 0.0982. The number of urea groups is 1. The van der Waals surface area contributed by atoms with E-state index < -0.39 is 5.13 Å². The van der Waals surface area contributed by atoms with Crippen molar-refractivity contribution in [2.24, 2.45) is 5.92 Å². The van der Waals surface area contributed by atoms with Crippen molar-refractivity contribution in [1.29, 1.82) is 0 Å². The Balaban J connectivity index is 1.05. The lowest BCUT2D eigenvalue weighted by atomic mass is 9.83. The number of likely N-dealkylation sites (tertiary alicyclic amines) is 1. The molecule has 0 radical (unpaired) electrons. The fourth-order valence-electron chi connectivity index (χ4n) is 6.81. The lowest BCUT2D eigenvalue weighted by Crippen LogP contribution is -2.52. The highest BCUT2D eigenvalue weighted by Gasteiger charge is 2.33. The molecular weight excluding hydrogens is 513 g/mol. The van der Waals surface area contributed by atoms with Crippen LogP contribution in [0, 0.1) is 11.0 Å². The van der Waals surface area contributed by atoms with Crippen LogP contribution in [-0.2, 0) is 0 Å². The summed E-state index contributed by atoms with van der Waals surface area (Å²) in [7, 11) is 1.60. The van der Waals surface area contributed by atoms with Crippen molar-refractivity contribution in [3.63, 3.8) is 0 Å². The first-order valence-electron chi connectivity index (χ1n) is 14.9. The molecule has 4 aliphatic rings. The Morgan fingerprint density at radius 3 is 2.59 bits per heavy atom. The number of benzene rings is 1. The van der Waals surface area contributed by atoms with Gasteiger partial charge in [-0.1, -0.05) is 36.7 Å². The number of hydrogen-bond acceptors (Lipinski definition) is 6. The number of piperidine rings is 1. The van der Waals surface area contributed by atoms with E-state index in [1.54, 1.807) is 7.11 Å². The molecule has 4 fully saturated rings. The average Bonchev–Trinajstić information content (AvgIpc) is 3.76. The number of carbonyl (C=O) groups is 1. The molecule has 1 atom stereocenters. The van der Waals surface area contributed by atoms with Gasteiger partial charge in [0.1, 0.15) is 11.4 Å². The second-order valence-corrected chi connectivity index (χ2v) is 12.8. The zero-order chi connectivity index (χ0) is 26.8. The minimum atomic E-state index is -0.401. The van der Waals surface area contributed by atoms with Gasteiger partial charge in [-0.2, -0.15) is 4.39 Å². The molecule has 2 aromatic rings. The highest BCUT2D eigenvalue weighted by Crippen LogP contribution is 2.40. The Hall–Kier alpha value is -2.23. The molecule has 6 rings (SSSR count). The highest BCUT2D eigenvalue weighted by atomic mass is 32.1. The Bertz CT molecular complexity index is 1140. The quantitative estimate of drug-likeness (QED) is 0.452. The van der Waals surface area contributed by atoms with Gasteiger partial charge < -0.3 is 14.5 Å². The van der Waals surface area contributed by atoms with E-state index in [1.807, 2.05) is 17.0 Å². The van der Waals surface area contributed by atoms with Crippen LogP contribution >= 0.6 is 11.3 Å². The van der Waals surface area contributed by atoms with Crippen molar-refractivity contribution >= 4 is 22.5 Å². The molecule has 0 unspecified atom stereocenters. The molecule has 2 amide bonds. The van der Waals surface area contributed by atoms with Crippen molar-refractivity contribution in [3.8, 4) is 17.0 Å². The maximum atomic E-state index is 15.2. The van der Waals surface area contributed by atoms with Crippen molar-refractivity contribution < 1.29 is 13.9 Å². The van der Waals surface area contributed by atoms with Crippen LogP contribution in [0.4, 0.5) is 14.3 Å². The number of carbonyl (C=O) groups excluding carboxylic acids is 1. The summed E-state index contributed by atoms with van der Waals surface area (Å²) in [5, 5.41) is 2.76. The number of anilines is 1. The van der Waals surface area contributed by atoms with E-state index in [4.69, 9.17) is 4.74 Å². The second-order valence-electron chi connectivity index (χ2n) is 11.9. The Kier molecular flexibility index (Phi) is 8.37. The van der Waals surface area contributed by atoms with E-state index in [2.05, 4.69) is 26.2 Å². The zero-order valence-electron chi connectivity index (χ0n) is 23.2. The minimum absolute atomic E-state index is 0.199. The molecule has 2 aliphatic carbocycles. The van der Waals surface area contributed by atoms with Crippen LogP contribution < -0.4 is 10.1 Å². The monoisotopic (exact) mass is 555 g/mol. The predicted octanol–water partition coefficient (Wildman–Crippen LogP) is 6.03. The van der Waals surface area contributed by atoms with E-state index in [1.165, 1.54) is 76.4 Å². The number of amides is 2. The smallest absolute Gasteiger partial charge is 0.323 e. The molecule has 0 bridgehead atoms. The van der Waals surface area contributed by atoms with Gasteiger partial charge in [0.05, 0.1) is 7.11 Å². The fourth-order valence-corrected chi connectivity index (χ4v) is 7.51. The van der Waals surface area contributed by atoms with E-state index in [9.17, 15) is 4.79 Å². The molecule has 2 aliphatic heterocycles. The second kappa shape index (κ2) is 12.1. The summed E-state index contributed by atoms with van der Waals surface area (Å²) in [5.41, 5.74) is 2.13. The summed E-state index contributed by atoms with van der Waals surface area (Å²) in [6.45, 7) is 6.77. The number of nitrogens with zero attached hydrogens (tertiary/aromatic N) is 4. The van der Waals surface area contributed by atoms with E-state index in [0.717, 1.165) is 42.9 Å².